The zero-order chi connectivity index (χ0) is 27.6. The molecular weight excluding hydrogens is 553 g/mol. The van der Waals surface area contributed by atoms with E-state index in [4.69, 9.17) is 27.9 Å². The van der Waals surface area contributed by atoms with Crippen molar-refractivity contribution in [2.45, 2.75) is 18.7 Å². The molecule has 3 N–H and O–H groups in total. The normalized spacial score (nSPS) is 11.7. The van der Waals surface area contributed by atoms with E-state index in [1.165, 1.54) is 12.1 Å². The number of hydrogen-bond acceptors (Lipinski definition) is 7. The highest BCUT2D eigenvalue weighted by atomic mass is 35.5. The summed E-state index contributed by atoms with van der Waals surface area (Å²) in [6.45, 7) is 3.76. The van der Waals surface area contributed by atoms with E-state index >= 15 is 0 Å². The summed E-state index contributed by atoms with van der Waals surface area (Å²) < 4.78 is 38.4. The maximum absolute atomic E-state index is 13.3. The van der Waals surface area contributed by atoms with Gasteiger partial charge in [0.1, 0.15) is 22.0 Å². The number of aryl methyl sites for hydroxylation is 1. The Kier molecular flexibility index (Phi) is 7.89. The molecule has 0 aromatic heterocycles. The number of nitrogens with zero attached hydrogens (tertiary/aromatic N) is 2. The number of phenols is 1. The van der Waals surface area contributed by atoms with Crippen molar-refractivity contribution < 1.29 is 27.6 Å². The summed E-state index contributed by atoms with van der Waals surface area (Å²) in [5.41, 5.74) is 0.658. The van der Waals surface area contributed by atoms with Crippen LogP contribution in [0.4, 0.5) is 17.1 Å². The Balaban J connectivity index is 1.82. The number of aromatic hydroxyl groups is 1. The summed E-state index contributed by atoms with van der Waals surface area (Å²) in [7, 11) is -4.61. The summed E-state index contributed by atoms with van der Waals surface area (Å²) in [4.78, 5) is 12.7. The average Bonchev–Trinajstić information content (AvgIpc) is 2.85. The number of hydrogen-bond donors (Lipinski definition) is 3. The van der Waals surface area contributed by atoms with Gasteiger partial charge in [-0.25, -0.2) is 0 Å². The Hall–Kier alpha value is -3.70. The molecule has 0 radical (unpaired) electrons. The highest BCUT2D eigenvalue weighted by molar-refractivity contribution is 7.86. The SMILES string of the molecule is CCOc1cc(Cl)ccc1NC(=O)c1cc2ccccc2c(N=Nc2c(C)ccc(S(=O)(=O)O)c2Cl)c1O. The molecule has 12 heteroatoms. The van der Waals surface area contributed by atoms with E-state index in [9.17, 15) is 22.9 Å². The van der Waals surface area contributed by atoms with Gasteiger partial charge in [0, 0.05) is 16.5 Å². The zero-order valence-corrected chi connectivity index (χ0v) is 22.4. The van der Waals surface area contributed by atoms with Crippen molar-refractivity contribution in [1.82, 2.24) is 0 Å². The van der Waals surface area contributed by atoms with Gasteiger partial charge in [-0.15, -0.1) is 10.2 Å². The second kappa shape index (κ2) is 11.0. The molecule has 38 heavy (non-hydrogen) atoms. The van der Waals surface area contributed by atoms with Crippen LogP contribution in [0.15, 0.2) is 75.8 Å². The van der Waals surface area contributed by atoms with E-state index in [1.54, 1.807) is 56.3 Å². The zero-order valence-electron chi connectivity index (χ0n) is 20.1. The molecule has 4 aromatic carbocycles. The molecule has 0 heterocycles. The smallest absolute Gasteiger partial charge is 0.296 e. The third-order valence-corrected chi connectivity index (χ3v) is 7.17. The van der Waals surface area contributed by atoms with Crippen LogP contribution in [-0.2, 0) is 10.1 Å². The number of carbonyl (C=O) groups is 1. The lowest BCUT2D eigenvalue weighted by Gasteiger charge is -2.14. The first-order chi connectivity index (χ1) is 18.0. The van der Waals surface area contributed by atoms with Gasteiger partial charge in [-0.2, -0.15) is 8.42 Å². The first kappa shape index (κ1) is 27.3. The molecule has 0 fully saturated rings. The summed E-state index contributed by atoms with van der Waals surface area (Å²) in [5, 5.41) is 23.2. The van der Waals surface area contributed by atoms with Gasteiger partial charge in [0.15, 0.2) is 5.75 Å². The van der Waals surface area contributed by atoms with Crippen molar-refractivity contribution in [2.75, 3.05) is 11.9 Å². The quantitative estimate of drug-likeness (QED) is 0.155. The van der Waals surface area contributed by atoms with E-state index in [0.717, 1.165) is 6.07 Å². The highest BCUT2D eigenvalue weighted by Crippen LogP contribution is 2.42. The first-order valence-corrected chi connectivity index (χ1v) is 13.4. The van der Waals surface area contributed by atoms with Gasteiger partial charge in [-0.3, -0.25) is 9.35 Å². The predicted octanol–water partition coefficient (Wildman–Crippen LogP) is 7.47. The van der Waals surface area contributed by atoms with Gasteiger partial charge >= 0.3 is 0 Å². The number of fused-ring (bicyclic) bond motifs is 1. The van der Waals surface area contributed by atoms with Crippen LogP contribution < -0.4 is 10.1 Å². The number of nitrogens with one attached hydrogen (secondary N) is 1. The standard InChI is InChI=1S/C26H21Cl2N3O6S/c1-3-37-20-13-16(27)9-10-19(20)29-26(33)18-12-15-6-4-5-7-17(15)24(25(18)32)31-30-23-14(2)8-11-21(22(23)28)38(34,35)36/h4-13,32H,3H2,1-2H3,(H,29,33)(H,34,35,36). The minimum Gasteiger partial charge on any atom is -0.505 e. The molecule has 0 aliphatic heterocycles. The topological polar surface area (TPSA) is 138 Å². The maximum Gasteiger partial charge on any atom is 0.296 e. The van der Waals surface area contributed by atoms with Crippen molar-refractivity contribution in [1.29, 1.82) is 0 Å². The highest BCUT2D eigenvalue weighted by Gasteiger charge is 2.22. The summed E-state index contributed by atoms with van der Waals surface area (Å²) >= 11 is 12.3. The first-order valence-electron chi connectivity index (χ1n) is 11.2. The summed E-state index contributed by atoms with van der Waals surface area (Å²) in [5.74, 6) is -0.746. The van der Waals surface area contributed by atoms with Crippen LogP contribution in [0.1, 0.15) is 22.8 Å². The fraction of sp³-hybridized carbons (Fsp3) is 0.115. The molecule has 0 saturated carbocycles. The van der Waals surface area contributed by atoms with Gasteiger partial charge in [-0.05, 0) is 49.1 Å². The Morgan fingerprint density at radius 3 is 2.45 bits per heavy atom. The number of amides is 1. The van der Waals surface area contributed by atoms with E-state index in [2.05, 4.69) is 15.5 Å². The fourth-order valence-corrected chi connectivity index (χ4v) is 4.99. The predicted molar refractivity (Wildman–Crippen MR) is 146 cm³/mol. The molecule has 1 amide bonds. The Morgan fingerprint density at radius 2 is 1.74 bits per heavy atom. The molecule has 4 aromatic rings. The molecule has 0 spiro atoms. The average molecular weight is 574 g/mol. The minimum atomic E-state index is -4.61. The largest absolute Gasteiger partial charge is 0.505 e. The second-order valence-corrected chi connectivity index (χ2v) is 10.3. The van der Waals surface area contributed by atoms with E-state index in [-0.39, 0.29) is 22.0 Å². The number of halogens is 2. The number of azo groups is 1. The van der Waals surface area contributed by atoms with Gasteiger partial charge < -0.3 is 15.2 Å². The van der Waals surface area contributed by atoms with E-state index < -0.39 is 26.7 Å². The molecule has 196 valence electrons. The maximum atomic E-state index is 13.3. The van der Waals surface area contributed by atoms with Crippen molar-refractivity contribution in [3.63, 3.8) is 0 Å². The third kappa shape index (κ3) is 5.58. The second-order valence-electron chi connectivity index (χ2n) is 8.09. The number of anilines is 1. The Morgan fingerprint density at radius 1 is 1.03 bits per heavy atom. The number of benzene rings is 4. The van der Waals surface area contributed by atoms with Crippen molar-refractivity contribution in [2.24, 2.45) is 10.2 Å². The van der Waals surface area contributed by atoms with Gasteiger partial charge in [0.2, 0.25) is 0 Å². The lowest BCUT2D eigenvalue weighted by molar-refractivity contribution is 0.102. The number of rotatable bonds is 7. The Bertz CT molecular complexity index is 1710. The van der Waals surface area contributed by atoms with Crippen LogP contribution in [0.25, 0.3) is 10.8 Å². The monoisotopic (exact) mass is 573 g/mol. The number of phenolic OH excluding ortho intramolecular Hbond substituents is 1. The Labute approximate surface area is 228 Å². The van der Waals surface area contributed by atoms with Crippen molar-refractivity contribution in [3.05, 3.63) is 81.8 Å². The van der Waals surface area contributed by atoms with Crippen molar-refractivity contribution >= 4 is 67.1 Å². The molecule has 0 atom stereocenters. The van der Waals surface area contributed by atoms with Gasteiger partial charge in [0.25, 0.3) is 16.0 Å². The summed E-state index contributed by atoms with van der Waals surface area (Å²) in [6.07, 6.45) is 0. The van der Waals surface area contributed by atoms with Crippen molar-refractivity contribution in [3.8, 4) is 11.5 Å². The van der Waals surface area contributed by atoms with Crippen LogP contribution in [0.5, 0.6) is 11.5 Å². The number of carbonyl (C=O) groups excluding carboxylic acids is 1. The minimum absolute atomic E-state index is 0.0253. The van der Waals surface area contributed by atoms with E-state index in [0.29, 0.717) is 39.4 Å². The van der Waals surface area contributed by atoms with Crippen LogP contribution in [0.3, 0.4) is 0 Å². The van der Waals surface area contributed by atoms with E-state index in [1.807, 2.05) is 0 Å². The van der Waals surface area contributed by atoms with Crippen LogP contribution in [-0.4, -0.2) is 30.6 Å². The van der Waals surface area contributed by atoms with Gasteiger partial charge in [-0.1, -0.05) is 53.5 Å². The fourth-order valence-electron chi connectivity index (χ4n) is 3.72. The molecular formula is C26H21Cl2N3O6S. The molecule has 9 nitrogen and oxygen atoms in total. The third-order valence-electron chi connectivity index (χ3n) is 5.54. The molecule has 0 unspecified atom stereocenters. The van der Waals surface area contributed by atoms with Crippen LogP contribution in [0.2, 0.25) is 10.0 Å². The lowest BCUT2D eigenvalue weighted by atomic mass is 10.0. The number of ether oxygens (including phenoxy) is 1. The van der Waals surface area contributed by atoms with Gasteiger partial charge in [0.05, 0.1) is 22.9 Å². The molecule has 0 saturated heterocycles. The molecule has 0 aliphatic carbocycles. The molecule has 0 bridgehead atoms. The lowest BCUT2D eigenvalue weighted by Crippen LogP contribution is -2.13. The summed E-state index contributed by atoms with van der Waals surface area (Å²) in [6, 6.07) is 15.7. The van der Waals surface area contributed by atoms with Crippen LogP contribution in [0, 0.1) is 6.92 Å². The molecule has 0 aliphatic rings. The van der Waals surface area contributed by atoms with Crippen LogP contribution >= 0.6 is 23.2 Å². The molecule has 4 rings (SSSR count).